The molecule has 0 spiro atoms. The number of nitrogens with one attached hydrogen (secondary N) is 1. The fourth-order valence-electron chi connectivity index (χ4n) is 4.08. The van der Waals surface area contributed by atoms with Crippen molar-refractivity contribution < 1.29 is 14.2 Å². The maximum atomic E-state index is 6.44. The van der Waals surface area contributed by atoms with Gasteiger partial charge in [-0.1, -0.05) is 30.3 Å². The van der Waals surface area contributed by atoms with Crippen molar-refractivity contribution in [1.29, 1.82) is 0 Å². The van der Waals surface area contributed by atoms with Gasteiger partial charge in [0.25, 0.3) is 0 Å². The average Bonchev–Trinajstić information content (AvgIpc) is 3.25. The number of rotatable bonds is 5. The number of ether oxygens (including phenoxy) is 3. The molecule has 0 unspecified atom stereocenters. The van der Waals surface area contributed by atoms with E-state index in [2.05, 4.69) is 52.9 Å². The molecule has 2 aliphatic heterocycles. The Labute approximate surface area is 182 Å². The minimum atomic E-state index is -0.264. The summed E-state index contributed by atoms with van der Waals surface area (Å²) in [7, 11) is 1.68. The van der Waals surface area contributed by atoms with Crippen LogP contribution in [0.3, 0.4) is 0 Å². The van der Waals surface area contributed by atoms with E-state index in [1.54, 1.807) is 7.11 Å². The smallest absolute Gasteiger partial charge is 0.195 e. The first kappa shape index (κ1) is 19.5. The van der Waals surface area contributed by atoms with Crippen LogP contribution in [0.15, 0.2) is 78.9 Å². The summed E-state index contributed by atoms with van der Waals surface area (Å²) in [5.74, 6) is 2.61. The third-order valence-corrected chi connectivity index (χ3v) is 5.54. The minimum Gasteiger partial charge on any atom is -0.497 e. The highest BCUT2D eigenvalue weighted by atomic mass is 16.5. The molecule has 5 nitrogen and oxygen atoms in total. The monoisotopic (exact) mass is 414 g/mol. The van der Waals surface area contributed by atoms with E-state index in [0.29, 0.717) is 0 Å². The van der Waals surface area contributed by atoms with Gasteiger partial charge in [-0.25, -0.2) is 0 Å². The van der Waals surface area contributed by atoms with Crippen LogP contribution in [-0.4, -0.2) is 18.2 Å². The van der Waals surface area contributed by atoms with E-state index in [-0.39, 0.29) is 18.4 Å². The second-order valence-corrected chi connectivity index (χ2v) is 8.02. The Morgan fingerprint density at radius 2 is 1.61 bits per heavy atom. The van der Waals surface area contributed by atoms with Crippen molar-refractivity contribution in [2.24, 2.45) is 0 Å². The highest BCUT2D eigenvalue weighted by Crippen LogP contribution is 2.46. The zero-order valence-corrected chi connectivity index (χ0v) is 17.9. The zero-order valence-electron chi connectivity index (χ0n) is 17.9. The summed E-state index contributed by atoms with van der Waals surface area (Å²) < 4.78 is 17.5. The van der Waals surface area contributed by atoms with Gasteiger partial charge < -0.3 is 19.6 Å². The van der Waals surface area contributed by atoms with Crippen molar-refractivity contribution in [2.45, 2.75) is 32.2 Å². The van der Waals surface area contributed by atoms with Crippen molar-refractivity contribution in [2.75, 3.05) is 7.11 Å². The third-order valence-electron chi connectivity index (χ3n) is 5.54. The Morgan fingerprint density at radius 1 is 0.903 bits per heavy atom. The molecule has 2 aliphatic rings. The van der Waals surface area contributed by atoms with E-state index < -0.39 is 0 Å². The van der Waals surface area contributed by atoms with Crippen LogP contribution < -0.4 is 19.6 Å². The van der Waals surface area contributed by atoms with Crippen LogP contribution in [0.25, 0.3) is 5.70 Å². The van der Waals surface area contributed by atoms with Crippen molar-refractivity contribution in [3.05, 3.63) is 95.6 Å². The van der Waals surface area contributed by atoms with Gasteiger partial charge in [-0.2, -0.15) is 5.01 Å². The molecule has 5 heteroatoms. The van der Waals surface area contributed by atoms with Crippen LogP contribution in [0, 0.1) is 0 Å². The first-order valence-electron chi connectivity index (χ1n) is 10.6. The predicted molar refractivity (Wildman–Crippen MR) is 121 cm³/mol. The van der Waals surface area contributed by atoms with Crippen molar-refractivity contribution in [3.8, 4) is 17.2 Å². The normalized spacial score (nSPS) is 19.7. The lowest BCUT2D eigenvalue weighted by atomic mass is 10.0. The Kier molecular flexibility index (Phi) is 5.04. The molecular weight excluding hydrogens is 388 g/mol. The van der Waals surface area contributed by atoms with E-state index in [1.807, 2.05) is 50.2 Å². The summed E-state index contributed by atoms with van der Waals surface area (Å²) in [6.45, 7) is 4.06. The van der Waals surface area contributed by atoms with Gasteiger partial charge in [-0.05, 0) is 68.0 Å². The highest BCUT2D eigenvalue weighted by Gasteiger charge is 2.40. The molecule has 0 bridgehead atoms. The van der Waals surface area contributed by atoms with Gasteiger partial charge in [-0.15, -0.1) is 0 Å². The SMILES string of the molecule is COc1ccc(C2=C[C@H]3c4ccccc4O[C@H](c4ccc(OC(C)C)cc4)N3N2)cc1. The number of methoxy groups -OCH3 is 1. The molecule has 3 aromatic rings. The summed E-state index contributed by atoms with van der Waals surface area (Å²) in [5, 5.41) is 2.17. The number of fused-ring (bicyclic) bond motifs is 3. The molecule has 2 heterocycles. The molecule has 0 saturated carbocycles. The molecule has 5 rings (SSSR count). The summed E-state index contributed by atoms with van der Waals surface area (Å²) in [5.41, 5.74) is 7.95. The number of para-hydroxylation sites is 1. The topological polar surface area (TPSA) is 43.0 Å². The van der Waals surface area contributed by atoms with Gasteiger partial charge in [0.2, 0.25) is 0 Å². The number of hydrogen-bond donors (Lipinski definition) is 1. The molecule has 0 aliphatic carbocycles. The van der Waals surface area contributed by atoms with Crippen molar-refractivity contribution in [3.63, 3.8) is 0 Å². The lowest BCUT2D eigenvalue weighted by Gasteiger charge is -2.39. The first-order chi connectivity index (χ1) is 15.1. The summed E-state index contributed by atoms with van der Waals surface area (Å²) in [6, 6.07) is 24.5. The van der Waals surface area contributed by atoms with Gasteiger partial charge in [0.1, 0.15) is 17.2 Å². The lowest BCUT2D eigenvalue weighted by Crippen LogP contribution is -2.43. The summed E-state index contributed by atoms with van der Waals surface area (Å²) in [6.07, 6.45) is 2.14. The van der Waals surface area contributed by atoms with Crippen LogP contribution >= 0.6 is 0 Å². The maximum Gasteiger partial charge on any atom is 0.195 e. The summed E-state index contributed by atoms with van der Waals surface area (Å²) >= 11 is 0. The molecule has 0 radical (unpaired) electrons. The van der Waals surface area contributed by atoms with Gasteiger partial charge in [0.05, 0.1) is 25.0 Å². The summed E-state index contributed by atoms with van der Waals surface area (Å²) in [4.78, 5) is 0. The van der Waals surface area contributed by atoms with Crippen LogP contribution in [0.2, 0.25) is 0 Å². The van der Waals surface area contributed by atoms with E-state index in [9.17, 15) is 0 Å². The van der Waals surface area contributed by atoms with Crippen LogP contribution in [0.4, 0.5) is 0 Å². The third kappa shape index (κ3) is 3.73. The Hall–Kier alpha value is -3.44. The van der Waals surface area contributed by atoms with Crippen LogP contribution in [0.5, 0.6) is 17.2 Å². The molecule has 1 N–H and O–H groups in total. The van der Waals surface area contributed by atoms with Crippen molar-refractivity contribution >= 4 is 5.70 Å². The molecule has 0 fully saturated rings. The molecule has 158 valence electrons. The first-order valence-corrected chi connectivity index (χ1v) is 10.6. The van der Waals surface area contributed by atoms with E-state index in [0.717, 1.165) is 39.6 Å². The number of hydrazine groups is 1. The van der Waals surface area contributed by atoms with E-state index in [1.165, 1.54) is 0 Å². The van der Waals surface area contributed by atoms with Gasteiger partial charge in [-0.3, -0.25) is 0 Å². The highest BCUT2D eigenvalue weighted by molar-refractivity contribution is 5.68. The molecule has 0 saturated heterocycles. The maximum absolute atomic E-state index is 6.44. The van der Waals surface area contributed by atoms with E-state index >= 15 is 0 Å². The molecule has 0 amide bonds. The fraction of sp³-hybridized carbons (Fsp3) is 0.231. The predicted octanol–water partition coefficient (Wildman–Crippen LogP) is 5.48. The minimum absolute atomic E-state index is 0.0682. The number of benzene rings is 3. The average molecular weight is 415 g/mol. The van der Waals surface area contributed by atoms with Gasteiger partial charge in [0.15, 0.2) is 6.23 Å². The molecule has 31 heavy (non-hydrogen) atoms. The van der Waals surface area contributed by atoms with Crippen molar-refractivity contribution in [1.82, 2.24) is 10.4 Å². The number of nitrogens with zero attached hydrogens (tertiary/aromatic N) is 1. The van der Waals surface area contributed by atoms with Crippen LogP contribution in [-0.2, 0) is 0 Å². The Balaban J connectivity index is 1.48. The van der Waals surface area contributed by atoms with Gasteiger partial charge in [0, 0.05) is 11.1 Å². The molecule has 0 aromatic heterocycles. The standard InChI is InChI=1S/C26H26N2O3/c1-17(2)30-21-14-10-19(11-15-21)26-28-24(22-6-4-5-7-25(22)31-26)16-23(27-28)18-8-12-20(29-3)13-9-18/h4-17,24,26-27H,1-3H3/t24-,26+/m0/s1. The Bertz CT molecular complexity index is 1090. The van der Waals surface area contributed by atoms with Gasteiger partial charge >= 0.3 is 0 Å². The van der Waals surface area contributed by atoms with E-state index in [4.69, 9.17) is 14.2 Å². The molecule has 3 aromatic carbocycles. The quantitative estimate of drug-likeness (QED) is 0.599. The lowest BCUT2D eigenvalue weighted by molar-refractivity contribution is -0.0326. The second kappa shape index (κ2) is 8.00. The Morgan fingerprint density at radius 3 is 2.32 bits per heavy atom. The number of hydrogen-bond acceptors (Lipinski definition) is 5. The largest absolute Gasteiger partial charge is 0.497 e. The zero-order chi connectivity index (χ0) is 21.4. The molecular formula is C26H26N2O3. The second-order valence-electron chi connectivity index (χ2n) is 8.02. The van der Waals surface area contributed by atoms with Crippen LogP contribution in [0.1, 0.15) is 42.8 Å². The molecule has 2 atom stereocenters. The fourth-order valence-corrected chi connectivity index (χ4v) is 4.08.